The van der Waals surface area contributed by atoms with Gasteiger partial charge < -0.3 is 15.4 Å². The zero-order valence-electron chi connectivity index (χ0n) is 20.1. The van der Waals surface area contributed by atoms with E-state index in [2.05, 4.69) is 27.6 Å². The first-order valence-electron chi connectivity index (χ1n) is 11.9. The van der Waals surface area contributed by atoms with Gasteiger partial charge in [-0.2, -0.15) is 5.10 Å². The van der Waals surface area contributed by atoms with Crippen LogP contribution in [-0.4, -0.2) is 46.4 Å². The summed E-state index contributed by atoms with van der Waals surface area (Å²) in [5, 5.41) is 11.2. The van der Waals surface area contributed by atoms with Gasteiger partial charge in [-0.1, -0.05) is 41.8 Å². The van der Waals surface area contributed by atoms with Crippen LogP contribution in [0.5, 0.6) is 5.75 Å². The van der Waals surface area contributed by atoms with Crippen molar-refractivity contribution in [3.63, 3.8) is 0 Å². The molecular weight excluding hydrogens is 485 g/mol. The topological polar surface area (TPSA) is 71.4 Å². The summed E-state index contributed by atoms with van der Waals surface area (Å²) in [7, 11) is 1.83. The molecule has 2 N–H and O–H groups in total. The molecule has 7 nitrogen and oxygen atoms in total. The number of aromatic nitrogens is 2. The molecule has 0 aliphatic carbocycles. The van der Waals surface area contributed by atoms with Gasteiger partial charge in [-0.05, 0) is 62.2 Å². The lowest BCUT2D eigenvalue weighted by atomic mass is 10.0. The second-order valence-electron chi connectivity index (χ2n) is 8.84. The van der Waals surface area contributed by atoms with Crippen LogP contribution in [0.15, 0.2) is 48.7 Å². The molecular formula is C26H31Cl2N5O2. The Balaban J connectivity index is 1.45. The maximum absolute atomic E-state index is 12.5. The summed E-state index contributed by atoms with van der Waals surface area (Å²) in [4.78, 5) is 15.0. The third-order valence-electron chi connectivity index (χ3n) is 6.33. The summed E-state index contributed by atoms with van der Waals surface area (Å²) in [6.07, 6.45) is 5.37. The second-order valence-corrected chi connectivity index (χ2v) is 9.68. The minimum atomic E-state index is -0.310. The van der Waals surface area contributed by atoms with E-state index in [4.69, 9.17) is 27.9 Å². The molecule has 2 amide bonds. The van der Waals surface area contributed by atoms with Crippen molar-refractivity contribution in [3.05, 3.63) is 64.3 Å². The number of carbonyl (C=O) groups excluding carboxylic acids is 1. The Morgan fingerprint density at radius 2 is 1.97 bits per heavy atom. The van der Waals surface area contributed by atoms with Crippen molar-refractivity contribution in [1.82, 2.24) is 20.0 Å². The van der Waals surface area contributed by atoms with E-state index in [-0.39, 0.29) is 6.03 Å². The molecule has 0 radical (unpaired) electrons. The number of aryl methyl sites for hydroxylation is 1. The van der Waals surface area contributed by atoms with Crippen LogP contribution in [0.1, 0.15) is 31.7 Å². The molecule has 0 spiro atoms. The zero-order valence-corrected chi connectivity index (χ0v) is 21.6. The van der Waals surface area contributed by atoms with Gasteiger partial charge in [-0.15, -0.1) is 0 Å². The molecule has 186 valence electrons. The summed E-state index contributed by atoms with van der Waals surface area (Å²) in [5.74, 6) is 0.701. The van der Waals surface area contributed by atoms with Gasteiger partial charge in [-0.25, -0.2) is 4.79 Å². The molecule has 1 unspecified atom stereocenters. The number of urea groups is 1. The van der Waals surface area contributed by atoms with Crippen LogP contribution < -0.4 is 15.4 Å². The van der Waals surface area contributed by atoms with Crippen molar-refractivity contribution >= 4 is 34.9 Å². The smallest absolute Gasteiger partial charge is 0.319 e. The fourth-order valence-electron chi connectivity index (χ4n) is 4.35. The first-order valence-corrected chi connectivity index (χ1v) is 12.6. The predicted molar refractivity (Wildman–Crippen MR) is 141 cm³/mol. The first kappa shape index (κ1) is 25.4. The minimum Gasteiger partial charge on any atom is -0.492 e. The molecule has 1 fully saturated rings. The highest BCUT2D eigenvalue weighted by Gasteiger charge is 2.19. The lowest BCUT2D eigenvalue weighted by molar-refractivity contribution is 0.133. The number of nitrogens with one attached hydrogen (secondary N) is 2. The van der Waals surface area contributed by atoms with E-state index < -0.39 is 0 Å². The monoisotopic (exact) mass is 515 g/mol. The largest absolute Gasteiger partial charge is 0.492 e. The van der Waals surface area contributed by atoms with Gasteiger partial charge in [0.15, 0.2) is 0 Å². The Morgan fingerprint density at radius 1 is 1.17 bits per heavy atom. The number of amides is 2. The Bertz CT molecular complexity index is 1130. The van der Waals surface area contributed by atoms with Crippen LogP contribution in [0, 0.1) is 0 Å². The Hall–Kier alpha value is -2.74. The number of hydrogen-bond acceptors (Lipinski definition) is 4. The van der Waals surface area contributed by atoms with Crippen LogP contribution in [0.4, 0.5) is 10.5 Å². The molecule has 35 heavy (non-hydrogen) atoms. The lowest BCUT2D eigenvalue weighted by Crippen LogP contribution is -2.39. The van der Waals surface area contributed by atoms with Gasteiger partial charge in [0.05, 0.1) is 16.9 Å². The normalized spacial score (nSPS) is 16.2. The van der Waals surface area contributed by atoms with Crippen molar-refractivity contribution < 1.29 is 9.53 Å². The van der Waals surface area contributed by atoms with E-state index in [0.29, 0.717) is 40.7 Å². The second kappa shape index (κ2) is 11.8. The fraction of sp³-hybridized carbons (Fsp3) is 0.385. The average molecular weight is 516 g/mol. The average Bonchev–Trinajstić information content (AvgIpc) is 3.18. The quantitative estimate of drug-likeness (QED) is 0.387. The summed E-state index contributed by atoms with van der Waals surface area (Å²) >= 11 is 12.4. The SMILES string of the molecule is CC1CCCCN1CCOc1ccc(NC(=O)NCc2ccc(Cl)cc2)cc1-c1c(Cl)cnn1C. The van der Waals surface area contributed by atoms with E-state index in [1.165, 1.54) is 19.3 Å². The molecule has 0 bridgehead atoms. The van der Waals surface area contributed by atoms with Crippen molar-refractivity contribution in [1.29, 1.82) is 0 Å². The van der Waals surface area contributed by atoms with Gasteiger partial charge in [0, 0.05) is 42.5 Å². The van der Waals surface area contributed by atoms with Gasteiger partial charge in [0.25, 0.3) is 0 Å². The highest BCUT2D eigenvalue weighted by atomic mass is 35.5. The number of hydrogen-bond donors (Lipinski definition) is 2. The summed E-state index contributed by atoms with van der Waals surface area (Å²) in [6, 6.07) is 13.2. The molecule has 2 aromatic carbocycles. The number of piperidine rings is 1. The number of benzene rings is 2. The van der Waals surface area contributed by atoms with Crippen molar-refractivity contribution in [2.75, 3.05) is 25.0 Å². The Labute approximate surface area is 216 Å². The predicted octanol–water partition coefficient (Wildman–Crippen LogP) is 5.97. The molecule has 1 aliphatic heterocycles. The first-order chi connectivity index (χ1) is 16.9. The number of rotatable bonds is 8. The maximum Gasteiger partial charge on any atom is 0.319 e. The molecule has 2 heterocycles. The molecule has 4 rings (SSSR count). The minimum absolute atomic E-state index is 0.310. The lowest BCUT2D eigenvalue weighted by Gasteiger charge is -2.33. The van der Waals surface area contributed by atoms with Crippen molar-refractivity contribution in [2.45, 2.75) is 38.8 Å². The number of likely N-dealkylation sites (tertiary alicyclic amines) is 1. The van der Waals surface area contributed by atoms with Crippen LogP contribution in [-0.2, 0) is 13.6 Å². The summed E-state index contributed by atoms with van der Waals surface area (Å²) in [5.41, 5.74) is 3.09. The standard InChI is InChI=1S/C26H31Cl2N5O2/c1-18-5-3-4-12-33(18)13-14-35-24-11-10-21(15-22(24)25-23(28)17-30-32(25)2)31-26(34)29-16-19-6-8-20(27)9-7-19/h6-11,15,17-18H,3-5,12-14,16H2,1-2H3,(H2,29,31,34). The van der Waals surface area contributed by atoms with Gasteiger partial charge >= 0.3 is 6.03 Å². The molecule has 1 aliphatic rings. The fourth-order valence-corrected chi connectivity index (χ4v) is 4.75. The molecule has 3 aromatic rings. The number of nitrogens with zero attached hydrogens (tertiary/aromatic N) is 3. The van der Waals surface area contributed by atoms with E-state index in [1.807, 2.05) is 37.4 Å². The highest BCUT2D eigenvalue weighted by Crippen LogP contribution is 2.36. The van der Waals surface area contributed by atoms with Crippen molar-refractivity contribution in [2.24, 2.45) is 7.05 Å². The van der Waals surface area contributed by atoms with Crippen LogP contribution in [0.2, 0.25) is 10.0 Å². The van der Waals surface area contributed by atoms with E-state index in [1.54, 1.807) is 23.0 Å². The molecule has 1 saturated heterocycles. The summed E-state index contributed by atoms with van der Waals surface area (Å²) in [6.45, 7) is 5.21. The Kier molecular flexibility index (Phi) is 8.55. The molecule has 9 heteroatoms. The van der Waals surface area contributed by atoms with E-state index in [0.717, 1.165) is 29.9 Å². The highest BCUT2D eigenvalue weighted by molar-refractivity contribution is 6.33. The maximum atomic E-state index is 12.5. The van der Waals surface area contributed by atoms with Gasteiger partial charge in [-0.3, -0.25) is 9.58 Å². The van der Waals surface area contributed by atoms with Crippen LogP contribution in [0.3, 0.4) is 0 Å². The third kappa shape index (κ3) is 6.69. The number of halogens is 2. The Morgan fingerprint density at radius 3 is 2.69 bits per heavy atom. The molecule has 1 atom stereocenters. The van der Waals surface area contributed by atoms with E-state index in [9.17, 15) is 4.79 Å². The van der Waals surface area contributed by atoms with Crippen LogP contribution in [0.25, 0.3) is 11.3 Å². The number of carbonyl (C=O) groups is 1. The summed E-state index contributed by atoms with van der Waals surface area (Å²) < 4.78 is 7.93. The van der Waals surface area contributed by atoms with Gasteiger partial charge in [0.1, 0.15) is 12.4 Å². The third-order valence-corrected chi connectivity index (χ3v) is 6.86. The van der Waals surface area contributed by atoms with Gasteiger partial charge in [0.2, 0.25) is 0 Å². The van der Waals surface area contributed by atoms with Crippen molar-refractivity contribution in [3.8, 4) is 17.0 Å². The molecule has 1 aromatic heterocycles. The molecule has 0 saturated carbocycles. The zero-order chi connectivity index (χ0) is 24.8. The van der Waals surface area contributed by atoms with Crippen LogP contribution >= 0.6 is 23.2 Å². The number of ether oxygens (including phenoxy) is 1. The number of anilines is 1. The van der Waals surface area contributed by atoms with E-state index >= 15 is 0 Å².